The monoisotopic (exact) mass is 383 g/mol. The molecule has 2 aliphatic rings. The van der Waals surface area contributed by atoms with E-state index >= 15 is 0 Å². The summed E-state index contributed by atoms with van der Waals surface area (Å²) in [5.74, 6) is -0.920. The molecule has 22 heavy (non-hydrogen) atoms. The van der Waals surface area contributed by atoms with Gasteiger partial charge in [0.1, 0.15) is 0 Å². The lowest BCUT2D eigenvalue weighted by Crippen LogP contribution is -2.52. The van der Waals surface area contributed by atoms with Gasteiger partial charge in [-0.05, 0) is 6.08 Å². The van der Waals surface area contributed by atoms with Crippen LogP contribution in [-0.2, 0) is 10.1 Å². The van der Waals surface area contributed by atoms with E-state index in [1.54, 1.807) is 12.1 Å². The second-order valence-electron chi connectivity index (χ2n) is 5.01. The van der Waals surface area contributed by atoms with Crippen LogP contribution in [0.2, 0.25) is 0 Å². The number of alkyl halides is 1. The van der Waals surface area contributed by atoms with Crippen LogP contribution in [0.25, 0.3) is 0 Å². The molecule has 0 aromatic heterocycles. The van der Waals surface area contributed by atoms with Crippen molar-refractivity contribution in [2.24, 2.45) is 5.73 Å². The van der Waals surface area contributed by atoms with Gasteiger partial charge in [-0.3, -0.25) is 14.1 Å². The van der Waals surface area contributed by atoms with Gasteiger partial charge in [-0.1, -0.05) is 46.3 Å². The lowest BCUT2D eigenvalue weighted by molar-refractivity contribution is 0.0971. The molecule has 2 atom stereocenters. The van der Waals surface area contributed by atoms with Crippen molar-refractivity contribution in [2.45, 2.75) is 9.70 Å². The van der Waals surface area contributed by atoms with E-state index in [2.05, 4.69) is 15.9 Å². The SMILES string of the molecule is NC1C2=C(C=CC1(Br)S(=O)(=O)O)C(=O)c1ccccc1C2=O. The number of carbonyl (C=O) groups is 2. The molecule has 0 bridgehead atoms. The van der Waals surface area contributed by atoms with Gasteiger partial charge < -0.3 is 5.73 Å². The number of benzene rings is 1. The number of ketones is 2. The Labute approximate surface area is 134 Å². The Morgan fingerprint density at radius 3 is 2.23 bits per heavy atom. The number of carbonyl (C=O) groups excluding carboxylic acids is 2. The summed E-state index contributed by atoms with van der Waals surface area (Å²) in [6.45, 7) is 0. The van der Waals surface area contributed by atoms with Crippen molar-refractivity contribution >= 4 is 37.6 Å². The van der Waals surface area contributed by atoms with Crippen LogP contribution in [0.3, 0.4) is 0 Å². The van der Waals surface area contributed by atoms with E-state index in [-0.39, 0.29) is 22.3 Å². The molecule has 114 valence electrons. The molecule has 1 aromatic rings. The average molecular weight is 384 g/mol. The molecule has 0 saturated carbocycles. The summed E-state index contributed by atoms with van der Waals surface area (Å²) in [5, 5.41) is 0. The van der Waals surface area contributed by atoms with Gasteiger partial charge >= 0.3 is 0 Å². The second kappa shape index (κ2) is 4.69. The van der Waals surface area contributed by atoms with Gasteiger partial charge in [-0.25, -0.2) is 0 Å². The van der Waals surface area contributed by atoms with E-state index in [0.717, 1.165) is 6.08 Å². The normalized spacial score (nSPS) is 27.7. The number of Topliss-reactive ketones (excluding diaryl/α,β-unsaturated/α-hetero) is 2. The predicted molar refractivity (Wildman–Crippen MR) is 82.5 cm³/mol. The molecule has 8 heteroatoms. The Hall–Kier alpha value is -1.61. The summed E-state index contributed by atoms with van der Waals surface area (Å²) >= 11 is 2.88. The first-order chi connectivity index (χ1) is 10.2. The summed E-state index contributed by atoms with van der Waals surface area (Å²) in [4.78, 5) is 25.1. The quantitative estimate of drug-likeness (QED) is 0.556. The van der Waals surface area contributed by atoms with Crippen LogP contribution in [-0.4, -0.2) is 34.2 Å². The Balaban J connectivity index is 2.24. The van der Waals surface area contributed by atoms with Gasteiger partial charge in [-0.2, -0.15) is 8.42 Å². The molecule has 0 spiro atoms. The van der Waals surface area contributed by atoms with Crippen LogP contribution in [0.4, 0.5) is 0 Å². The maximum atomic E-state index is 12.6. The van der Waals surface area contributed by atoms with Crippen molar-refractivity contribution in [3.63, 3.8) is 0 Å². The first-order valence-corrected chi connectivity index (χ1v) is 8.45. The molecule has 1 aromatic carbocycles. The van der Waals surface area contributed by atoms with Gasteiger partial charge in [0.05, 0.1) is 6.04 Å². The van der Waals surface area contributed by atoms with Crippen molar-refractivity contribution in [1.82, 2.24) is 0 Å². The number of nitrogens with two attached hydrogens (primary N) is 1. The Bertz CT molecular complexity index is 886. The van der Waals surface area contributed by atoms with E-state index in [1.807, 2.05) is 0 Å². The van der Waals surface area contributed by atoms with Crippen molar-refractivity contribution in [3.8, 4) is 0 Å². The van der Waals surface area contributed by atoms with E-state index in [9.17, 15) is 22.6 Å². The van der Waals surface area contributed by atoms with Gasteiger partial charge in [0.2, 0.25) is 0 Å². The van der Waals surface area contributed by atoms with Crippen LogP contribution in [0, 0.1) is 0 Å². The van der Waals surface area contributed by atoms with E-state index in [1.165, 1.54) is 18.2 Å². The van der Waals surface area contributed by atoms with Crippen molar-refractivity contribution in [1.29, 1.82) is 0 Å². The molecule has 0 aliphatic heterocycles. The van der Waals surface area contributed by atoms with Crippen LogP contribution >= 0.6 is 15.9 Å². The molecule has 0 saturated heterocycles. The molecule has 2 unspecified atom stereocenters. The minimum Gasteiger partial charge on any atom is -0.321 e. The van der Waals surface area contributed by atoms with Crippen LogP contribution in [0.1, 0.15) is 20.7 Å². The smallest absolute Gasteiger partial charge is 0.286 e. The van der Waals surface area contributed by atoms with E-state index in [0.29, 0.717) is 0 Å². The van der Waals surface area contributed by atoms with Gasteiger partial charge in [0.25, 0.3) is 10.1 Å². The molecule has 0 heterocycles. The summed E-state index contributed by atoms with van der Waals surface area (Å²) in [6.07, 6.45) is 2.28. The maximum Gasteiger partial charge on any atom is 0.286 e. The molecule has 0 fully saturated rings. The maximum absolute atomic E-state index is 12.6. The van der Waals surface area contributed by atoms with Crippen molar-refractivity contribution in [2.75, 3.05) is 0 Å². The molecule has 3 N–H and O–H groups in total. The number of halogens is 1. The van der Waals surface area contributed by atoms with E-state index < -0.39 is 31.4 Å². The standard InChI is InChI=1S/C14H10BrNO5S/c15-14(22(19,20)21)6-5-9-10(13(14)16)12(18)8-4-2-1-3-7(8)11(9)17/h1-6,13H,16H2,(H,19,20,21). The zero-order valence-electron chi connectivity index (χ0n) is 11.0. The van der Waals surface area contributed by atoms with Crippen molar-refractivity contribution in [3.05, 3.63) is 58.7 Å². The number of fused-ring (bicyclic) bond motifs is 1. The highest BCUT2D eigenvalue weighted by Gasteiger charge is 2.51. The minimum atomic E-state index is -4.64. The molecule has 0 amide bonds. The average Bonchev–Trinajstić information content (AvgIpc) is 2.46. The Morgan fingerprint density at radius 2 is 1.68 bits per heavy atom. The fourth-order valence-electron chi connectivity index (χ4n) is 2.63. The number of hydrogen-bond donors (Lipinski definition) is 2. The zero-order valence-corrected chi connectivity index (χ0v) is 13.4. The highest BCUT2D eigenvalue weighted by molar-refractivity contribution is 9.11. The van der Waals surface area contributed by atoms with Crippen molar-refractivity contribution < 1.29 is 22.6 Å². The number of allylic oxidation sites excluding steroid dienone is 2. The Morgan fingerprint density at radius 1 is 1.14 bits per heavy atom. The summed E-state index contributed by atoms with van der Waals surface area (Å²) in [6, 6.07) is 4.83. The summed E-state index contributed by atoms with van der Waals surface area (Å²) in [7, 11) is -4.64. The lowest BCUT2D eigenvalue weighted by atomic mass is 9.78. The third-order valence-electron chi connectivity index (χ3n) is 3.80. The predicted octanol–water partition coefficient (Wildman–Crippen LogP) is 1.24. The third-order valence-corrected chi connectivity index (χ3v) is 6.97. The minimum absolute atomic E-state index is 0.0509. The van der Waals surface area contributed by atoms with Gasteiger partial charge in [-0.15, -0.1) is 0 Å². The largest absolute Gasteiger partial charge is 0.321 e. The first kappa shape index (κ1) is 15.3. The lowest BCUT2D eigenvalue weighted by Gasteiger charge is -2.34. The van der Waals surface area contributed by atoms with Gasteiger partial charge in [0, 0.05) is 22.3 Å². The van der Waals surface area contributed by atoms with E-state index in [4.69, 9.17) is 5.73 Å². The highest BCUT2D eigenvalue weighted by Crippen LogP contribution is 2.41. The zero-order chi connectivity index (χ0) is 16.3. The summed E-state index contributed by atoms with van der Waals surface area (Å²) < 4.78 is 30.5. The topological polar surface area (TPSA) is 115 Å². The first-order valence-electron chi connectivity index (χ1n) is 6.22. The molecular formula is C14H10BrNO5S. The third kappa shape index (κ3) is 1.88. The number of rotatable bonds is 1. The molecule has 0 radical (unpaired) electrons. The highest BCUT2D eigenvalue weighted by atomic mass is 79.9. The van der Waals surface area contributed by atoms with Crippen LogP contribution in [0.5, 0.6) is 0 Å². The second-order valence-corrected chi connectivity index (χ2v) is 8.48. The molecule has 3 rings (SSSR count). The van der Waals surface area contributed by atoms with Crippen LogP contribution in [0.15, 0.2) is 47.6 Å². The summed E-state index contributed by atoms with van der Waals surface area (Å²) in [5.41, 5.74) is 6.24. The molecule has 6 nitrogen and oxygen atoms in total. The molecule has 2 aliphatic carbocycles. The Kier molecular flexibility index (Phi) is 3.26. The van der Waals surface area contributed by atoms with Crippen LogP contribution < -0.4 is 5.73 Å². The molecular weight excluding hydrogens is 374 g/mol. The number of hydrogen-bond acceptors (Lipinski definition) is 5. The fourth-order valence-corrected chi connectivity index (χ4v) is 3.67. The fraction of sp³-hybridized carbons (Fsp3) is 0.143. The van der Waals surface area contributed by atoms with Gasteiger partial charge in [0.15, 0.2) is 15.2 Å².